The maximum Gasteiger partial charge on any atom is 0.216 e. The highest BCUT2D eigenvalue weighted by Gasteiger charge is 2.09. The molecule has 0 bridgehead atoms. The van der Waals surface area contributed by atoms with Crippen LogP contribution < -0.4 is 14.2 Å². The lowest BCUT2D eigenvalue weighted by Crippen LogP contribution is -1.98. The first-order valence-corrected chi connectivity index (χ1v) is 9.43. The van der Waals surface area contributed by atoms with Crippen molar-refractivity contribution in [1.82, 2.24) is 14.9 Å². The van der Waals surface area contributed by atoms with Crippen LogP contribution in [0.5, 0.6) is 17.2 Å². The van der Waals surface area contributed by atoms with Gasteiger partial charge in [-0.1, -0.05) is 12.7 Å². The summed E-state index contributed by atoms with van der Waals surface area (Å²) in [6.45, 7) is 6.61. The second kappa shape index (κ2) is 9.70. The van der Waals surface area contributed by atoms with Crippen molar-refractivity contribution in [3.05, 3.63) is 65.5 Å². The number of H-pyrrole nitrogens is 1. The summed E-state index contributed by atoms with van der Waals surface area (Å²) in [7, 11) is 1.59. The molecule has 1 N–H and O–H groups in total. The minimum absolute atomic E-state index is 0.392. The van der Waals surface area contributed by atoms with Gasteiger partial charge in [-0.15, -0.1) is 0 Å². The van der Waals surface area contributed by atoms with Gasteiger partial charge in [0, 0.05) is 5.56 Å². The Bertz CT molecular complexity index is 1050. The number of aromatic amines is 1. The lowest BCUT2D eigenvalue weighted by atomic mass is 10.2. The number of nitrogens with one attached hydrogen (secondary N) is 1. The van der Waals surface area contributed by atoms with Crippen LogP contribution >= 0.6 is 12.2 Å². The Morgan fingerprint density at radius 1 is 1.17 bits per heavy atom. The van der Waals surface area contributed by atoms with Gasteiger partial charge in [0.05, 0.1) is 19.9 Å². The fraction of sp³-hybridized carbons (Fsp3) is 0.190. The molecule has 3 aromatic rings. The average Bonchev–Trinajstić information content (AvgIpc) is 3.12. The van der Waals surface area contributed by atoms with Crippen LogP contribution in [0.1, 0.15) is 12.5 Å². The SMILES string of the molecule is C=CCOc1ccc(/C=N\n2c(-c3ccc(OCC)cc3)n[nH]c2=S)cc1OC. The molecular weight excluding hydrogens is 388 g/mol. The van der Waals surface area contributed by atoms with E-state index in [9.17, 15) is 0 Å². The molecule has 1 heterocycles. The van der Waals surface area contributed by atoms with Crippen molar-refractivity contribution in [3.63, 3.8) is 0 Å². The number of nitrogens with zero attached hydrogens (tertiary/aromatic N) is 3. The van der Waals surface area contributed by atoms with Gasteiger partial charge in [0.25, 0.3) is 0 Å². The maximum absolute atomic E-state index is 5.57. The van der Waals surface area contributed by atoms with E-state index in [1.807, 2.05) is 49.4 Å². The predicted molar refractivity (Wildman–Crippen MR) is 116 cm³/mol. The van der Waals surface area contributed by atoms with E-state index in [1.54, 1.807) is 24.1 Å². The Hall–Kier alpha value is -3.39. The molecule has 0 atom stereocenters. The zero-order chi connectivity index (χ0) is 20.6. The number of aromatic nitrogens is 3. The van der Waals surface area contributed by atoms with Gasteiger partial charge in [-0.2, -0.15) is 14.9 Å². The molecule has 8 heteroatoms. The topological polar surface area (TPSA) is 73.7 Å². The van der Waals surface area contributed by atoms with Crippen molar-refractivity contribution < 1.29 is 14.2 Å². The van der Waals surface area contributed by atoms with Gasteiger partial charge in [-0.25, -0.2) is 5.10 Å². The zero-order valence-corrected chi connectivity index (χ0v) is 17.1. The molecule has 0 saturated carbocycles. The molecule has 150 valence electrons. The molecule has 1 aromatic heterocycles. The Morgan fingerprint density at radius 2 is 1.97 bits per heavy atom. The quantitative estimate of drug-likeness (QED) is 0.320. The fourth-order valence-electron chi connectivity index (χ4n) is 2.61. The lowest BCUT2D eigenvalue weighted by molar-refractivity contribution is 0.326. The van der Waals surface area contributed by atoms with Crippen molar-refractivity contribution in [2.45, 2.75) is 6.92 Å². The summed E-state index contributed by atoms with van der Waals surface area (Å²) in [5, 5.41) is 11.6. The zero-order valence-electron chi connectivity index (χ0n) is 16.3. The number of methoxy groups -OCH3 is 1. The number of rotatable bonds is 9. The summed E-state index contributed by atoms with van der Waals surface area (Å²) in [4.78, 5) is 0. The summed E-state index contributed by atoms with van der Waals surface area (Å²) >= 11 is 5.33. The third-order valence-electron chi connectivity index (χ3n) is 3.94. The van der Waals surface area contributed by atoms with Gasteiger partial charge < -0.3 is 14.2 Å². The molecule has 7 nitrogen and oxygen atoms in total. The Balaban J connectivity index is 1.87. The molecule has 29 heavy (non-hydrogen) atoms. The van der Waals surface area contributed by atoms with E-state index >= 15 is 0 Å². The van der Waals surface area contributed by atoms with Crippen molar-refractivity contribution in [2.75, 3.05) is 20.3 Å². The fourth-order valence-corrected chi connectivity index (χ4v) is 2.79. The molecule has 0 amide bonds. The third kappa shape index (κ3) is 4.91. The highest BCUT2D eigenvalue weighted by molar-refractivity contribution is 7.71. The maximum atomic E-state index is 5.57. The van der Waals surface area contributed by atoms with Gasteiger partial charge >= 0.3 is 0 Å². The summed E-state index contributed by atoms with van der Waals surface area (Å²) < 4.78 is 18.4. The normalized spacial score (nSPS) is 10.8. The molecule has 3 rings (SSSR count). The summed E-state index contributed by atoms with van der Waals surface area (Å²) in [5.41, 5.74) is 1.69. The van der Waals surface area contributed by atoms with Crippen molar-refractivity contribution in [1.29, 1.82) is 0 Å². The molecule has 0 spiro atoms. The van der Waals surface area contributed by atoms with E-state index in [0.717, 1.165) is 16.9 Å². The van der Waals surface area contributed by atoms with Crippen LogP contribution in [0.15, 0.2) is 60.2 Å². The molecule has 0 aliphatic carbocycles. The lowest BCUT2D eigenvalue weighted by Gasteiger charge is -2.09. The number of hydrogen-bond acceptors (Lipinski definition) is 6. The Morgan fingerprint density at radius 3 is 2.66 bits per heavy atom. The van der Waals surface area contributed by atoms with Gasteiger partial charge in [0.2, 0.25) is 4.77 Å². The molecule has 2 aromatic carbocycles. The Labute approximate surface area is 174 Å². The van der Waals surface area contributed by atoms with E-state index in [0.29, 0.717) is 35.3 Å². The summed E-state index contributed by atoms with van der Waals surface area (Å²) in [5.74, 6) is 2.65. The molecule has 0 aliphatic rings. The first kappa shape index (κ1) is 20.3. The molecule has 0 saturated heterocycles. The van der Waals surface area contributed by atoms with Crippen LogP contribution in [0.2, 0.25) is 0 Å². The van der Waals surface area contributed by atoms with Gasteiger partial charge in [-0.3, -0.25) is 0 Å². The standard InChI is InChI=1S/C21H22N4O3S/c1-4-12-28-18-11-6-15(13-19(18)26-3)14-22-25-20(23-24-21(25)29)16-7-9-17(10-8-16)27-5-2/h4,6-11,13-14H,1,5,12H2,2-3H3,(H,24,29)/b22-14-. The molecule has 0 fully saturated rings. The van der Waals surface area contributed by atoms with E-state index < -0.39 is 0 Å². The highest BCUT2D eigenvalue weighted by atomic mass is 32.1. The number of ether oxygens (including phenoxy) is 3. The molecular formula is C21H22N4O3S. The third-order valence-corrected chi connectivity index (χ3v) is 4.20. The summed E-state index contributed by atoms with van der Waals surface area (Å²) in [6.07, 6.45) is 3.36. The van der Waals surface area contributed by atoms with Gasteiger partial charge in [0.15, 0.2) is 17.3 Å². The predicted octanol–water partition coefficient (Wildman–Crippen LogP) is 4.46. The molecule has 0 aliphatic heterocycles. The van der Waals surface area contributed by atoms with Crippen molar-refractivity contribution in [3.8, 4) is 28.6 Å². The van der Waals surface area contributed by atoms with Crippen LogP contribution in [0.4, 0.5) is 0 Å². The van der Waals surface area contributed by atoms with Crippen molar-refractivity contribution >= 4 is 18.4 Å². The van der Waals surface area contributed by atoms with E-state index in [4.69, 9.17) is 26.4 Å². The van der Waals surface area contributed by atoms with Gasteiger partial charge in [0.1, 0.15) is 12.4 Å². The smallest absolute Gasteiger partial charge is 0.216 e. The minimum Gasteiger partial charge on any atom is -0.494 e. The second-order valence-electron chi connectivity index (χ2n) is 5.88. The number of hydrogen-bond donors (Lipinski definition) is 1. The minimum atomic E-state index is 0.392. The van der Waals surface area contributed by atoms with Gasteiger partial charge in [-0.05, 0) is 67.2 Å². The first-order valence-electron chi connectivity index (χ1n) is 9.03. The second-order valence-corrected chi connectivity index (χ2v) is 6.26. The Kier molecular flexibility index (Phi) is 6.80. The van der Waals surface area contributed by atoms with Crippen LogP contribution in [0.25, 0.3) is 11.4 Å². The molecule has 0 unspecified atom stereocenters. The largest absolute Gasteiger partial charge is 0.494 e. The average molecular weight is 410 g/mol. The van der Waals surface area contributed by atoms with Crippen LogP contribution in [0, 0.1) is 4.77 Å². The number of benzene rings is 2. The van der Waals surface area contributed by atoms with Crippen LogP contribution in [-0.4, -0.2) is 41.4 Å². The molecule has 0 radical (unpaired) electrons. The highest BCUT2D eigenvalue weighted by Crippen LogP contribution is 2.27. The first-order chi connectivity index (χ1) is 14.2. The van der Waals surface area contributed by atoms with E-state index in [2.05, 4.69) is 21.9 Å². The van der Waals surface area contributed by atoms with Crippen LogP contribution in [-0.2, 0) is 0 Å². The van der Waals surface area contributed by atoms with Crippen molar-refractivity contribution in [2.24, 2.45) is 5.10 Å². The summed E-state index contributed by atoms with van der Waals surface area (Å²) in [6, 6.07) is 13.1. The monoisotopic (exact) mass is 410 g/mol. The van der Waals surface area contributed by atoms with E-state index in [1.165, 1.54) is 0 Å². The van der Waals surface area contributed by atoms with E-state index in [-0.39, 0.29) is 0 Å². The van der Waals surface area contributed by atoms with Crippen LogP contribution in [0.3, 0.4) is 0 Å².